The zero-order chi connectivity index (χ0) is 13.1. The van der Waals surface area contributed by atoms with Crippen LogP contribution in [-0.2, 0) is 4.74 Å². The van der Waals surface area contributed by atoms with Crippen LogP contribution < -0.4 is 0 Å². The van der Waals surface area contributed by atoms with Gasteiger partial charge in [-0.15, -0.1) is 0 Å². The van der Waals surface area contributed by atoms with Crippen molar-refractivity contribution in [2.24, 2.45) is 0 Å². The minimum Gasteiger partial charge on any atom is -0.377 e. The first-order valence-electron chi connectivity index (χ1n) is 5.96. The maximum Gasteiger partial charge on any atom is 0.254 e. The van der Waals surface area contributed by atoms with E-state index in [-0.39, 0.29) is 11.9 Å². The number of hydrogen-bond donors (Lipinski definition) is 0. The van der Waals surface area contributed by atoms with E-state index < -0.39 is 0 Å². The topological polar surface area (TPSA) is 29.5 Å². The Morgan fingerprint density at radius 1 is 1.39 bits per heavy atom. The van der Waals surface area contributed by atoms with Gasteiger partial charge in [-0.2, -0.15) is 0 Å². The molecular formula is C13H15Br2NO2. The van der Waals surface area contributed by atoms with Crippen molar-refractivity contribution in [3.63, 3.8) is 0 Å². The highest BCUT2D eigenvalue weighted by atomic mass is 79.9. The number of rotatable bonds is 2. The first-order valence-corrected chi connectivity index (χ1v) is 7.55. The number of carbonyl (C=O) groups excluding carboxylic acids is 1. The number of amides is 1. The molecule has 1 aliphatic heterocycles. The number of benzene rings is 1. The summed E-state index contributed by atoms with van der Waals surface area (Å²) in [6.07, 6.45) is 0.918. The van der Waals surface area contributed by atoms with E-state index in [1.807, 2.05) is 23.1 Å². The van der Waals surface area contributed by atoms with Crippen molar-refractivity contribution in [3.8, 4) is 0 Å². The van der Waals surface area contributed by atoms with Gasteiger partial charge in [-0.25, -0.2) is 0 Å². The molecule has 0 N–H and O–H groups in total. The third kappa shape index (κ3) is 3.13. The fraction of sp³-hybridized carbons (Fsp3) is 0.462. The van der Waals surface area contributed by atoms with Gasteiger partial charge in [0.25, 0.3) is 5.91 Å². The van der Waals surface area contributed by atoms with E-state index in [1.54, 1.807) is 0 Å². The van der Waals surface area contributed by atoms with Crippen molar-refractivity contribution in [1.82, 2.24) is 4.90 Å². The maximum absolute atomic E-state index is 12.5. The summed E-state index contributed by atoms with van der Waals surface area (Å²) in [7, 11) is 0. The van der Waals surface area contributed by atoms with Crippen LogP contribution in [0.5, 0.6) is 0 Å². The van der Waals surface area contributed by atoms with Crippen LogP contribution in [0.15, 0.2) is 27.1 Å². The Morgan fingerprint density at radius 2 is 2.06 bits per heavy atom. The molecule has 0 radical (unpaired) electrons. The zero-order valence-electron chi connectivity index (χ0n) is 10.2. The molecule has 0 spiro atoms. The molecular weight excluding hydrogens is 362 g/mol. The molecule has 3 nitrogen and oxygen atoms in total. The van der Waals surface area contributed by atoms with Crippen molar-refractivity contribution in [2.75, 3.05) is 19.8 Å². The third-order valence-electron chi connectivity index (χ3n) is 3.07. The molecule has 1 aromatic rings. The predicted octanol–water partition coefficient (Wildman–Crippen LogP) is 3.46. The summed E-state index contributed by atoms with van der Waals surface area (Å²) >= 11 is 6.82. The van der Waals surface area contributed by atoms with Gasteiger partial charge in [0.1, 0.15) is 0 Å². The first kappa shape index (κ1) is 14.0. The Kier molecular flexibility index (Phi) is 4.81. The summed E-state index contributed by atoms with van der Waals surface area (Å²) in [5, 5.41) is 0. The summed E-state index contributed by atoms with van der Waals surface area (Å²) in [6.45, 7) is 4.01. The monoisotopic (exact) mass is 375 g/mol. The van der Waals surface area contributed by atoms with Crippen molar-refractivity contribution < 1.29 is 9.53 Å². The fourth-order valence-electron chi connectivity index (χ4n) is 2.10. The van der Waals surface area contributed by atoms with Gasteiger partial charge >= 0.3 is 0 Å². The SMILES string of the molecule is CCC1COCCN1C(=O)c1cc(Br)cc(Br)c1. The number of ether oxygens (including phenoxy) is 1. The lowest BCUT2D eigenvalue weighted by atomic mass is 10.1. The Morgan fingerprint density at radius 3 is 2.67 bits per heavy atom. The summed E-state index contributed by atoms with van der Waals surface area (Å²) in [4.78, 5) is 14.4. The first-order chi connectivity index (χ1) is 8.61. The summed E-state index contributed by atoms with van der Waals surface area (Å²) in [5.74, 6) is 0.0761. The molecule has 1 aliphatic rings. The average Bonchev–Trinajstić information content (AvgIpc) is 2.36. The molecule has 0 aromatic heterocycles. The molecule has 1 unspecified atom stereocenters. The van der Waals surface area contributed by atoms with Crippen LogP contribution in [-0.4, -0.2) is 36.6 Å². The van der Waals surface area contributed by atoms with Crippen molar-refractivity contribution in [1.29, 1.82) is 0 Å². The molecule has 5 heteroatoms. The van der Waals surface area contributed by atoms with Crippen LogP contribution in [0.2, 0.25) is 0 Å². The van der Waals surface area contributed by atoms with E-state index in [0.717, 1.165) is 15.4 Å². The predicted molar refractivity (Wildman–Crippen MR) is 77.8 cm³/mol. The minimum atomic E-state index is 0.0761. The van der Waals surface area contributed by atoms with E-state index in [9.17, 15) is 4.79 Å². The smallest absolute Gasteiger partial charge is 0.254 e. The molecule has 0 saturated carbocycles. The van der Waals surface area contributed by atoms with Crippen LogP contribution in [0, 0.1) is 0 Å². The van der Waals surface area contributed by atoms with E-state index in [0.29, 0.717) is 25.3 Å². The summed E-state index contributed by atoms with van der Waals surface area (Å²) in [5.41, 5.74) is 0.705. The van der Waals surface area contributed by atoms with E-state index in [2.05, 4.69) is 38.8 Å². The van der Waals surface area contributed by atoms with Crippen LogP contribution >= 0.6 is 31.9 Å². The van der Waals surface area contributed by atoms with Gasteiger partial charge < -0.3 is 9.64 Å². The Hall–Kier alpha value is -0.390. The molecule has 98 valence electrons. The highest BCUT2D eigenvalue weighted by molar-refractivity contribution is 9.11. The lowest BCUT2D eigenvalue weighted by Crippen LogP contribution is -2.48. The molecule has 1 atom stereocenters. The van der Waals surface area contributed by atoms with Crippen LogP contribution in [0.4, 0.5) is 0 Å². The standard InChI is InChI=1S/C13H15Br2NO2/c1-2-12-8-18-4-3-16(12)13(17)9-5-10(14)7-11(15)6-9/h5-7,12H,2-4,8H2,1H3. The number of hydrogen-bond acceptors (Lipinski definition) is 2. The quantitative estimate of drug-likeness (QED) is 0.790. The van der Waals surface area contributed by atoms with E-state index in [4.69, 9.17) is 4.74 Å². The van der Waals surface area contributed by atoms with E-state index >= 15 is 0 Å². The molecule has 0 aliphatic carbocycles. The number of halogens is 2. The highest BCUT2D eigenvalue weighted by Gasteiger charge is 2.26. The van der Waals surface area contributed by atoms with Gasteiger partial charge in [0.2, 0.25) is 0 Å². The number of morpholine rings is 1. The van der Waals surface area contributed by atoms with Gasteiger partial charge in [-0.05, 0) is 24.6 Å². The Labute approximate surface area is 124 Å². The molecule has 2 rings (SSSR count). The van der Waals surface area contributed by atoms with Crippen LogP contribution in [0.25, 0.3) is 0 Å². The van der Waals surface area contributed by atoms with E-state index in [1.165, 1.54) is 0 Å². The van der Waals surface area contributed by atoms with Crippen LogP contribution in [0.1, 0.15) is 23.7 Å². The molecule has 18 heavy (non-hydrogen) atoms. The van der Waals surface area contributed by atoms with Gasteiger partial charge in [0, 0.05) is 21.1 Å². The van der Waals surface area contributed by atoms with Crippen molar-refractivity contribution in [3.05, 3.63) is 32.7 Å². The van der Waals surface area contributed by atoms with Gasteiger partial charge in [0.05, 0.1) is 19.3 Å². The highest BCUT2D eigenvalue weighted by Crippen LogP contribution is 2.22. The fourth-order valence-corrected chi connectivity index (χ4v) is 3.40. The molecule has 0 bridgehead atoms. The van der Waals surface area contributed by atoms with Gasteiger partial charge in [-0.1, -0.05) is 38.8 Å². The Balaban J connectivity index is 2.23. The zero-order valence-corrected chi connectivity index (χ0v) is 13.3. The van der Waals surface area contributed by atoms with Gasteiger partial charge in [0.15, 0.2) is 0 Å². The third-order valence-corrected chi connectivity index (χ3v) is 3.98. The lowest BCUT2D eigenvalue weighted by molar-refractivity contribution is -0.00280. The molecule has 1 aromatic carbocycles. The lowest BCUT2D eigenvalue weighted by Gasteiger charge is -2.35. The second-order valence-corrected chi connectivity index (χ2v) is 6.13. The minimum absolute atomic E-state index is 0.0761. The van der Waals surface area contributed by atoms with Crippen molar-refractivity contribution in [2.45, 2.75) is 19.4 Å². The number of nitrogens with zero attached hydrogens (tertiary/aromatic N) is 1. The van der Waals surface area contributed by atoms with Gasteiger partial charge in [-0.3, -0.25) is 4.79 Å². The summed E-state index contributed by atoms with van der Waals surface area (Å²) < 4.78 is 7.23. The molecule has 1 saturated heterocycles. The van der Waals surface area contributed by atoms with Crippen LogP contribution in [0.3, 0.4) is 0 Å². The summed E-state index contributed by atoms with van der Waals surface area (Å²) in [6, 6.07) is 5.82. The maximum atomic E-state index is 12.5. The Bertz CT molecular complexity index is 430. The van der Waals surface area contributed by atoms with Crippen molar-refractivity contribution >= 4 is 37.8 Å². The average molecular weight is 377 g/mol. The number of carbonyl (C=O) groups is 1. The second kappa shape index (κ2) is 6.17. The molecule has 1 amide bonds. The normalized spacial score (nSPS) is 19.9. The second-order valence-electron chi connectivity index (χ2n) is 4.29. The largest absolute Gasteiger partial charge is 0.377 e. The molecule has 1 heterocycles. The molecule has 1 fully saturated rings.